The highest BCUT2D eigenvalue weighted by atomic mass is 16.3. The van der Waals surface area contributed by atoms with Crippen molar-refractivity contribution in [3.63, 3.8) is 0 Å². The number of carbonyl (C=O) groups is 4. The monoisotopic (exact) mass is 322 g/mol. The molecule has 2 aromatic rings. The molecule has 0 bridgehead atoms. The van der Waals surface area contributed by atoms with Crippen LogP contribution in [0.15, 0.2) is 48.5 Å². The number of ketones is 4. The van der Waals surface area contributed by atoms with Gasteiger partial charge in [-0.15, -0.1) is 0 Å². The largest absolute Gasteiger partial charge is 0.374 e. The predicted molar refractivity (Wildman–Crippen MR) is 85.4 cm³/mol. The van der Waals surface area contributed by atoms with E-state index in [4.69, 9.17) is 0 Å². The zero-order valence-corrected chi connectivity index (χ0v) is 12.9. The number of rotatable bonds is 4. The van der Waals surface area contributed by atoms with E-state index < -0.39 is 29.4 Å². The molecule has 0 atom stereocenters. The van der Waals surface area contributed by atoms with E-state index in [1.807, 2.05) is 0 Å². The number of hydrogen-bond acceptors (Lipinski definition) is 5. The first-order valence-corrected chi connectivity index (χ1v) is 7.40. The lowest BCUT2D eigenvalue weighted by atomic mass is 9.89. The van der Waals surface area contributed by atoms with E-state index in [0.717, 1.165) is 0 Å². The third-order valence-electron chi connectivity index (χ3n) is 4.20. The highest BCUT2D eigenvalue weighted by Crippen LogP contribution is 2.33. The van der Waals surface area contributed by atoms with Gasteiger partial charge in [-0.25, -0.2) is 0 Å². The van der Waals surface area contributed by atoms with Crippen molar-refractivity contribution in [2.45, 2.75) is 18.9 Å². The molecule has 0 saturated carbocycles. The highest BCUT2D eigenvalue weighted by Gasteiger charge is 2.52. The van der Waals surface area contributed by atoms with Crippen LogP contribution in [0.4, 0.5) is 0 Å². The molecule has 0 saturated heterocycles. The van der Waals surface area contributed by atoms with Crippen LogP contribution in [0.3, 0.4) is 0 Å². The van der Waals surface area contributed by atoms with Crippen molar-refractivity contribution in [2.75, 3.05) is 0 Å². The van der Waals surface area contributed by atoms with Crippen LogP contribution in [0.1, 0.15) is 54.8 Å². The summed E-state index contributed by atoms with van der Waals surface area (Å²) < 4.78 is 0. The molecule has 120 valence electrons. The van der Waals surface area contributed by atoms with Gasteiger partial charge in [0.2, 0.25) is 11.6 Å². The summed E-state index contributed by atoms with van der Waals surface area (Å²) in [6.45, 7) is 1.41. The van der Waals surface area contributed by atoms with E-state index in [1.54, 1.807) is 12.1 Å². The van der Waals surface area contributed by atoms with Gasteiger partial charge in [-0.1, -0.05) is 48.5 Å². The Bertz CT molecular complexity index is 842. The first kappa shape index (κ1) is 16.0. The fourth-order valence-electron chi connectivity index (χ4n) is 2.81. The first-order chi connectivity index (χ1) is 11.3. The average molecular weight is 322 g/mol. The fourth-order valence-corrected chi connectivity index (χ4v) is 2.81. The Morgan fingerprint density at radius 2 is 1.33 bits per heavy atom. The Morgan fingerprint density at radius 1 is 0.875 bits per heavy atom. The van der Waals surface area contributed by atoms with E-state index >= 15 is 0 Å². The number of aliphatic hydroxyl groups is 1. The molecule has 0 aliphatic heterocycles. The van der Waals surface area contributed by atoms with Gasteiger partial charge in [-0.2, -0.15) is 0 Å². The lowest BCUT2D eigenvalue weighted by Crippen LogP contribution is -2.43. The van der Waals surface area contributed by atoms with Crippen molar-refractivity contribution in [3.05, 3.63) is 70.8 Å². The predicted octanol–water partition coefficient (Wildman–Crippen LogP) is 2.27. The summed E-state index contributed by atoms with van der Waals surface area (Å²) in [6.07, 6.45) is -0.626. The van der Waals surface area contributed by atoms with Gasteiger partial charge in [0.25, 0.3) is 0 Å². The van der Waals surface area contributed by atoms with Crippen LogP contribution in [0.5, 0.6) is 0 Å². The summed E-state index contributed by atoms with van der Waals surface area (Å²) in [5.41, 5.74) is -1.43. The molecule has 24 heavy (non-hydrogen) atoms. The van der Waals surface area contributed by atoms with Gasteiger partial charge in [0, 0.05) is 22.3 Å². The summed E-state index contributed by atoms with van der Waals surface area (Å²) in [6, 6.07) is 12.0. The molecule has 0 heterocycles. The van der Waals surface area contributed by atoms with Crippen molar-refractivity contribution in [3.8, 4) is 0 Å². The summed E-state index contributed by atoms with van der Waals surface area (Å²) in [4.78, 5) is 48.4. The highest BCUT2D eigenvalue weighted by molar-refractivity contribution is 6.33. The number of carbonyl (C=O) groups excluding carboxylic acids is 4. The van der Waals surface area contributed by atoms with Crippen LogP contribution in [-0.2, 0) is 0 Å². The van der Waals surface area contributed by atoms with Crippen molar-refractivity contribution >= 4 is 23.1 Å². The zero-order valence-electron chi connectivity index (χ0n) is 12.9. The molecule has 0 unspecified atom stereocenters. The second-order valence-corrected chi connectivity index (χ2v) is 5.80. The third-order valence-corrected chi connectivity index (χ3v) is 4.20. The standard InChI is InChI=1S/C19H14O5/c1-11(20)12-6-8-13(9-7-12)16(21)10-19(24)17(22)14-4-2-3-5-15(14)18(19)23/h2-9,24H,10H2,1H3. The topological polar surface area (TPSA) is 88.5 Å². The molecule has 3 rings (SSSR count). The van der Waals surface area contributed by atoms with Gasteiger partial charge in [0.15, 0.2) is 17.2 Å². The molecule has 5 nitrogen and oxygen atoms in total. The maximum atomic E-state index is 12.4. The molecule has 1 aliphatic rings. The minimum Gasteiger partial charge on any atom is -0.374 e. The van der Waals surface area contributed by atoms with Crippen LogP contribution < -0.4 is 0 Å². The van der Waals surface area contributed by atoms with E-state index in [9.17, 15) is 24.3 Å². The quantitative estimate of drug-likeness (QED) is 0.689. The number of benzene rings is 2. The second-order valence-electron chi connectivity index (χ2n) is 5.80. The van der Waals surface area contributed by atoms with Crippen molar-refractivity contribution < 1.29 is 24.3 Å². The third kappa shape index (κ3) is 2.39. The van der Waals surface area contributed by atoms with Crippen molar-refractivity contribution in [1.82, 2.24) is 0 Å². The lowest BCUT2D eigenvalue weighted by Gasteiger charge is -2.18. The zero-order chi connectivity index (χ0) is 17.5. The van der Waals surface area contributed by atoms with Crippen LogP contribution in [-0.4, -0.2) is 33.8 Å². The normalized spacial score (nSPS) is 15.2. The smallest absolute Gasteiger partial charge is 0.203 e. The van der Waals surface area contributed by atoms with Crippen molar-refractivity contribution in [2.24, 2.45) is 0 Å². The number of hydrogen-bond donors (Lipinski definition) is 1. The van der Waals surface area contributed by atoms with Crippen molar-refractivity contribution in [1.29, 1.82) is 0 Å². The molecule has 0 aromatic heterocycles. The fraction of sp³-hybridized carbons (Fsp3) is 0.158. The maximum Gasteiger partial charge on any atom is 0.203 e. The molecule has 0 radical (unpaired) electrons. The Labute approximate surface area is 137 Å². The molecule has 0 amide bonds. The second kappa shape index (κ2) is 5.62. The van der Waals surface area contributed by atoms with Crippen LogP contribution in [0, 0.1) is 0 Å². The Balaban J connectivity index is 1.88. The molecule has 0 fully saturated rings. The van der Waals surface area contributed by atoms with Gasteiger partial charge in [-0.3, -0.25) is 19.2 Å². The van der Waals surface area contributed by atoms with E-state index in [-0.39, 0.29) is 22.5 Å². The molecule has 1 N–H and O–H groups in total. The minimum atomic E-state index is -2.36. The molecule has 0 spiro atoms. The van der Waals surface area contributed by atoms with Crippen LogP contribution >= 0.6 is 0 Å². The molecular weight excluding hydrogens is 308 g/mol. The molecule has 5 heteroatoms. The SMILES string of the molecule is CC(=O)c1ccc(C(=O)CC2(O)C(=O)c3ccccc3C2=O)cc1. The average Bonchev–Trinajstić information content (AvgIpc) is 2.77. The molecular formula is C19H14O5. The van der Waals surface area contributed by atoms with Gasteiger partial charge >= 0.3 is 0 Å². The summed E-state index contributed by atoms with van der Waals surface area (Å²) in [5, 5.41) is 10.6. The Kier molecular flexibility index (Phi) is 3.73. The Hall–Kier alpha value is -2.92. The van der Waals surface area contributed by atoms with Gasteiger partial charge in [0.05, 0.1) is 6.42 Å². The van der Waals surface area contributed by atoms with Gasteiger partial charge in [0.1, 0.15) is 0 Å². The molecule has 2 aromatic carbocycles. The van der Waals surface area contributed by atoms with Crippen LogP contribution in [0.25, 0.3) is 0 Å². The number of fused-ring (bicyclic) bond motifs is 1. The first-order valence-electron chi connectivity index (χ1n) is 7.40. The van der Waals surface area contributed by atoms with Gasteiger partial charge < -0.3 is 5.11 Å². The van der Waals surface area contributed by atoms with E-state index in [1.165, 1.54) is 43.3 Å². The summed E-state index contributed by atoms with van der Waals surface area (Å²) in [5.74, 6) is -2.18. The maximum absolute atomic E-state index is 12.4. The number of Topliss-reactive ketones (excluding diaryl/α,β-unsaturated/α-hetero) is 4. The molecule has 1 aliphatic carbocycles. The summed E-state index contributed by atoms with van der Waals surface area (Å²) >= 11 is 0. The minimum absolute atomic E-state index is 0.129. The van der Waals surface area contributed by atoms with Crippen LogP contribution in [0.2, 0.25) is 0 Å². The lowest BCUT2D eigenvalue weighted by molar-refractivity contribution is 0.0295. The van der Waals surface area contributed by atoms with Gasteiger partial charge in [-0.05, 0) is 6.92 Å². The van der Waals surface area contributed by atoms with E-state index in [2.05, 4.69) is 0 Å². The van der Waals surface area contributed by atoms with E-state index in [0.29, 0.717) is 5.56 Å². The Morgan fingerprint density at radius 3 is 1.79 bits per heavy atom. The summed E-state index contributed by atoms with van der Waals surface area (Å²) in [7, 11) is 0.